The monoisotopic (exact) mass is 1450 g/mol. The zero-order chi connectivity index (χ0) is 75.7. The van der Waals surface area contributed by atoms with Crippen molar-refractivity contribution in [2.45, 2.75) is 38.5 Å². The first-order chi connectivity index (χ1) is 56.1. The molecule has 0 radical (unpaired) electrons. The van der Waals surface area contributed by atoms with Crippen molar-refractivity contribution < 1.29 is 0 Å². The van der Waals surface area contributed by atoms with E-state index in [1.165, 1.54) is 209 Å². The Morgan fingerprint density at radius 2 is 0.553 bits per heavy atom. The highest BCUT2D eigenvalue weighted by molar-refractivity contribution is 6.19. The van der Waals surface area contributed by atoms with Gasteiger partial charge >= 0.3 is 0 Å². The van der Waals surface area contributed by atoms with E-state index in [0.717, 1.165) is 11.4 Å². The molecule has 0 saturated heterocycles. The molecule has 536 valence electrons. The van der Waals surface area contributed by atoms with Crippen LogP contribution in [-0.2, 0) is 10.8 Å². The summed E-state index contributed by atoms with van der Waals surface area (Å²) in [6.45, 7) is 9.54. The Bertz CT molecular complexity index is 7780. The van der Waals surface area contributed by atoms with Crippen LogP contribution in [0.25, 0.3) is 198 Å². The van der Waals surface area contributed by atoms with Crippen molar-refractivity contribution in [3.63, 3.8) is 0 Å². The summed E-state index contributed by atoms with van der Waals surface area (Å²) in [5.74, 6) is 0. The van der Waals surface area contributed by atoms with Gasteiger partial charge in [-0.2, -0.15) is 0 Å². The van der Waals surface area contributed by atoms with Crippen LogP contribution >= 0.6 is 0 Å². The Hall–Kier alpha value is -14.3. The van der Waals surface area contributed by atoms with E-state index in [0.29, 0.717) is 0 Å². The number of nitrogens with zero attached hydrogens (tertiary/aromatic N) is 4. The minimum atomic E-state index is -0.156. The van der Waals surface area contributed by atoms with E-state index < -0.39 is 0 Å². The predicted molar refractivity (Wildman–Crippen MR) is 482 cm³/mol. The summed E-state index contributed by atoms with van der Waals surface area (Å²) in [6.07, 6.45) is 0. The van der Waals surface area contributed by atoms with E-state index in [-0.39, 0.29) is 10.8 Å². The second-order valence-electron chi connectivity index (χ2n) is 32.3. The topological polar surface area (TPSA) is 19.7 Å². The molecule has 22 aromatic rings. The lowest BCUT2D eigenvalue weighted by atomic mass is 9.81. The Morgan fingerprint density at radius 1 is 0.184 bits per heavy atom. The first-order valence-corrected chi connectivity index (χ1v) is 39.9. The summed E-state index contributed by atoms with van der Waals surface area (Å²) in [5, 5.41) is 15.1. The van der Waals surface area contributed by atoms with Crippen molar-refractivity contribution in [3.8, 4) is 89.5 Å². The number of para-hydroxylation sites is 2. The minimum absolute atomic E-state index is 0.0899. The number of rotatable bonds is 8. The summed E-state index contributed by atoms with van der Waals surface area (Å²) in [7, 11) is 0. The SMILES string of the molecule is CC1(C)c2ccccc2-c2c1ccc1c3cc(-c4ccc5c(c4)c4ccccc4n5-c4cccc(-c5ccccc5)c4)ccc3n(-c3ccc4ccccc4c3)c21.CC1(C)c2ccccc2-c2ccc3c4cc(-c5ccc6c(c5)c5ccccc5n6-c5cccc(-c6ccccc6)c5)ccc4n(-c4ccc5ccccc5c4)c3c21. The van der Waals surface area contributed by atoms with Gasteiger partial charge in [0.15, 0.2) is 0 Å². The van der Waals surface area contributed by atoms with Crippen molar-refractivity contribution in [1.82, 2.24) is 18.3 Å². The molecule has 0 amide bonds. The maximum absolute atomic E-state index is 2.54. The van der Waals surface area contributed by atoms with E-state index in [2.05, 4.69) is 434 Å². The quantitative estimate of drug-likeness (QED) is 0.144. The van der Waals surface area contributed by atoms with E-state index in [1.54, 1.807) is 0 Å². The van der Waals surface area contributed by atoms with Crippen LogP contribution in [0.3, 0.4) is 0 Å². The summed E-state index contributed by atoms with van der Waals surface area (Å²) >= 11 is 0. The van der Waals surface area contributed by atoms with Crippen molar-refractivity contribution in [1.29, 1.82) is 0 Å². The van der Waals surface area contributed by atoms with Crippen LogP contribution in [0.15, 0.2) is 388 Å². The molecule has 2 aliphatic carbocycles. The Morgan fingerprint density at radius 3 is 1.07 bits per heavy atom. The van der Waals surface area contributed by atoms with Crippen LogP contribution in [0.4, 0.5) is 0 Å². The molecule has 4 heteroatoms. The third-order valence-corrected chi connectivity index (χ3v) is 25.3. The molecule has 114 heavy (non-hydrogen) atoms. The molecule has 24 rings (SSSR count). The van der Waals surface area contributed by atoms with Gasteiger partial charge in [0.1, 0.15) is 0 Å². The van der Waals surface area contributed by atoms with Gasteiger partial charge in [0.05, 0.1) is 44.1 Å². The molecule has 0 N–H and O–H groups in total. The van der Waals surface area contributed by atoms with Crippen LogP contribution in [0.2, 0.25) is 0 Å². The van der Waals surface area contributed by atoms with Gasteiger partial charge in [-0.05, 0) is 214 Å². The average Bonchev–Trinajstić information content (AvgIpc) is 1.54. The summed E-state index contributed by atoms with van der Waals surface area (Å²) in [5.41, 5.74) is 35.0. The molecule has 0 aliphatic heterocycles. The third-order valence-electron chi connectivity index (χ3n) is 25.3. The van der Waals surface area contributed by atoms with E-state index in [4.69, 9.17) is 0 Å². The molecule has 0 bridgehead atoms. The fraction of sp³-hybridized carbons (Fsp3) is 0.0545. The van der Waals surface area contributed by atoms with Crippen LogP contribution < -0.4 is 0 Å². The lowest BCUT2D eigenvalue weighted by Gasteiger charge is -2.23. The van der Waals surface area contributed by atoms with E-state index >= 15 is 0 Å². The molecule has 4 aromatic heterocycles. The van der Waals surface area contributed by atoms with Gasteiger partial charge in [-0.15, -0.1) is 0 Å². The van der Waals surface area contributed by atoms with Crippen molar-refractivity contribution in [2.75, 3.05) is 0 Å². The minimum Gasteiger partial charge on any atom is -0.309 e. The molecule has 4 nitrogen and oxygen atoms in total. The number of fused-ring (bicyclic) bond motifs is 22. The highest BCUT2D eigenvalue weighted by Crippen LogP contribution is 2.56. The number of benzene rings is 18. The van der Waals surface area contributed by atoms with Crippen LogP contribution in [-0.4, -0.2) is 18.3 Å². The second-order valence-corrected chi connectivity index (χ2v) is 32.3. The lowest BCUT2D eigenvalue weighted by Crippen LogP contribution is -2.16. The second kappa shape index (κ2) is 25.1. The Labute approximate surface area is 661 Å². The van der Waals surface area contributed by atoms with Crippen LogP contribution in [0, 0.1) is 0 Å². The summed E-state index contributed by atoms with van der Waals surface area (Å²) < 4.78 is 9.90. The average molecular weight is 1450 g/mol. The van der Waals surface area contributed by atoms with Gasteiger partial charge < -0.3 is 18.3 Å². The smallest absolute Gasteiger partial charge is 0.0622 e. The molecule has 0 unspecified atom stereocenters. The normalized spacial score (nSPS) is 13.2. The standard InChI is InChI=1S/2C55H38N2/c1-55(2)48-21-10-8-20-45(48)53-49(55)28-27-44-47-34-40(25-30-52(47)57(54(44)53)42-26-23-36-15-6-7-16-37(36)32-42)39-24-29-51-46(33-39)43-19-9-11-22-50(43)56(51)41-18-12-17-38(31-41)35-13-4-3-5-14-35;1-55(2)49-21-10-8-19-43(49)45-27-28-46-48-34-40(25-30-52(48)57(54(46)53(45)55)42-26-23-36-15-6-7-16-37(36)32-42)39-24-29-51-47(33-39)44-20-9-11-22-50(44)56(51)41-18-12-17-38(31-41)35-13-4-3-5-14-35/h2*3-34H,1-2H3. The highest BCUT2D eigenvalue weighted by Gasteiger charge is 2.40. The van der Waals surface area contributed by atoms with Crippen LogP contribution in [0.1, 0.15) is 49.9 Å². The van der Waals surface area contributed by atoms with Crippen molar-refractivity contribution >= 4 is 109 Å². The van der Waals surface area contributed by atoms with Crippen LogP contribution in [0.5, 0.6) is 0 Å². The molecule has 0 fully saturated rings. The zero-order valence-corrected chi connectivity index (χ0v) is 63.7. The summed E-state index contributed by atoms with van der Waals surface area (Å²) in [4.78, 5) is 0. The van der Waals surface area contributed by atoms with Gasteiger partial charge in [-0.3, -0.25) is 0 Å². The molecule has 18 aromatic carbocycles. The molecule has 0 atom stereocenters. The highest BCUT2D eigenvalue weighted by atomic mass is 15.0. The third kappa shape index (κ3) is 9.90. The van der Waals surface area contributed by atoms with Gasteiger partial charge in [0.25, 0.3) is 0 Å². The number of aromatic nitrogens is 4. The van der Waals surface area contributed by atoms with Gasteiger partial charge in [-0.25, -0.2) is 0 Å². The number of hydrogen-bond acceptors (Lipinski definition) is 0. The Balaban J connectivity index is 0.000000135. The van der Waals surface area contributed by atoms with Gasteiger partial charge in [0, 0.05) is 82.2 Å². The molecular weight excluding hydrogens is 1380 g/mol. The van der Waals surface area contributed by atoms with E-state index in [1.807, 2.05) is 0 Å². The Kier molecular flexibility index (Phi) is 14.4. The predicted octanol–water partition coefficient (Wildman–Crippen LogP) is 29.3. The molecular formula is C110H76N4. The van der Waals surface area contributed by atoms with Gasteiger partial charge in [-0.1, -0.05) is 307 Å². The maximum Gasteiger partial charge on any atom is 0.0622 e. The lowest BCUT2D eigenvalue weighted by molar-refractivity contribution is 0.661. The molecule has 4 heterocycles. The first kappa shape index (κ1) is 65.6. The fourth-order valence-corrected chi connectivity index (χ4v) is 20.0. The molecule has 0 saturated carbocycles. The molecule has 0 spiro atoms. The van der Waals surface area contributed by atoms with E-state index in [9.17, 15) is 0 Å². The molecule has 2 aliphatic rings. The van der Waals surface area contributed by atoms with Crippen molar-refractivity contribution in [2.24, 2.45) is 0 Å². The largest absolute Gasteiger partial charge is 0.309 e. The maximum atomic E-state index is 2.54. The number of hydrogen-bond donors (Lipinski definition) is 0. The van der Waals surface area contributed by atoms with Crippen molar-refractivity contribution in [3.05, 3.63) is 411 Å². The van der Waals surface area contributed by atoms with Gasteiger partial charge in [0.2, 0.25) is 0 Å². The fourth-order valence-electron chi connectivity index (χ4n) is 20.0. The zero-order valence-electron chi connectivity index (χ0n) is 63.7. The summed E-state index contributed by atoms with van der Waals surface area (Å²) in [6, 6.07) is 144. The first-order valence-electron chi connectivity index (χ1n) is 39.9.